The van der Waals surface area contributed by atoms with Gasteiger partial charge >= 0.3 is 0 Å². The first-order chi connectivity index (χ1) is 10.6. The fourth-order valence-corrected chi connectivity index (χ4v) is 3.49. The second-order valence-corrected chi connectivity index (χ2v) is 6.50. The molecule has 1 saturated heterocycles. The van der Waals surface area contributed by atoms with E-state index in [9.17, 15) is 10.1 Å². The first-order valence-corrected chi connectivity index (χ1v) is 8.10. The standard InChI is InChI=1S/C17H19ClN2O2/c18-14-5-3-13(4-6-14)15-11-20(9-10-22-15)16(21)17(12-19)7-1-2-8-17/h3-6,15H,1-2,7-11H2/t15-/m1/s1. The number of amides is 1. The lowest BCUT2D eigenvalue weighted by Gasteiger charge is -2.36. The van der Waals surface area contributed by atoms with Crippen molar-refractivity contribution in [2.24, 2.45) is 5.41 Å². The predicted molar refractivity (Wildman–Crippen MR) is 83.2 cm³/mol. The van der Waals surface area contributed by atoms with Crippen LogP contribution in [0.3, 0.4) is 0 Å². The van der Waals surface area contributed by atoms with Gasteiger partial charge in [-0.05, 0) is 30.5 Å². The second kappa shape index (κ2) is 6.28. The van der Waals surface area contributed by atoms with E-state index in [1.54, 1.807) is 4.90 Å². The maximum atomic E-state index is 12.8. The maximum absolute atomic E-state index is 12.8. The summed E-state index contributed by atoms with van der Waals surface area (Å²) in [6.07, 6.45) is 3.15. The molecule has 1 atom stereocenters. The Morgan fingerprint density at radius 1 is 1.32 bits per heavy atom. The molecule has 22 heavy (non-hydrogen) atoms. The summed E-state index contributed by atoms with van der Waals surface area (Å²) in [6.45, 7) is 1.57. The van der Waals surface area contributed by atoms with E-state index in [4.69, 9.17) is 16.3 Å². The highest BCUT2D eigenvalue weighted by Gasteiger charge is 2.45. The molecule has 1 aromatic carbocycles. The van der Waals surface area contributed by atoms with Crippen molar-refractivity contribution < 1.29 is 9.53 Å². The Morgan fingerprint density at radius 2 is 2.00 bits per heavy atom. The van der Waals surface area contributed by atoms with E-state index in [-0.39, 0.29) is 12.0 Å². The third-order valence-electron chi connectivity index (χ3n) is 4.68. The van der Waals surface area contributed by atoms with Crippen molar-refractivity contribution in [1.29, 1.82) is 5.26 Å². The fraction of sp³-hybridized carbons (Fsp3) is 0.529. The van der Waals surface area contributed by atoms with Gasteiger partial charge in [-0.3, -0.25) is 4.79 Å². The molecule has 1 aliphatic carbocycles. The lowest BCUT2D eigenvalue weighted by atomic mass is 9.86. The highest BCUT2D eigenvalue weighted by atomic mass is 35.5. The summed E-state index contributed by atoms with van der Waals surface area (Å²) in [5.74, 6) is -0.0187. The molecule has 0 aromatic heterocycles. The van der Waals surface area contributed by atoms with Crippen LogP contribution in [0.5, 0.6) is 0 Å². The van der Waals surface area contributed by atoms with Gasteiger partial charge in [0.15, 0.2) is 0 Å². The molecule has 2 aliphatic rings. The highest BCUT2D eigenvalue weighted by molar-refractivity contribution is 6.30. The van der Waals surface area contributed by atoms with Crippen LogP contribution in [0, 0.1) is 16.7 Å². The molecule has 116 valence electrons. The van der Waals surface area contributed by atoms with Gasteiger partial charge in [0.2, 0.25) is 5.91 Å². The van der Waals surface area contributed by atoms with Crippen molar-refractivity contribution in [2.75, 3.05) is 19.7 Å². The Labute approximate surface area is 135 Å². The molecule has 1 aliphatic heterocycles. The number of ether oxygens (including phenoxy) is 1. The quantitative estimate of drug-likeness (QED) is 0.840. The van der Waals surface area contributed by atoms with Crippen LogP contribution in [0.25, 0.3) is 0 Å². The number of rotatable bonds is 2. The minimum Gasteiger partial charge on any atom is -0.370 e. The second-order valence-electron chi connectivity index (χ2n) is 6.06. The van der Waals surface area contributed by atoms with Crippen molar-refractivity contribution in [3.8, 4) is 6.07 Å². The molecule has 4 nitrogen and oxygen atoms in total. The van der Waals surface area contributed by atoms with Crippen molar-refractivity contribution in [3.05, 3.63) is 34.9 Å². The number of benzene rings is 1. The highest BCUT2D eigenvalue weighted by Crippen LogP contribution is 2.40. The van der Waals surface area contributed by atoms with E-state index in [0.717, 1.165) is 18.4 Å². The summed E-state index contributed by atoms with van der Waals surface area (Å²) < 4.78 is 5.79. The normalized spacial score (nSPS) is 24.0. The van der Waals surface area contributed by atoms with Crippen LogP contribution in [0.2, 0.25) is 5.02 Å². The molecular weight excluding hydrogens is 300 g/mol. The molecule has 2 fully saturated rings. The van der Waals surface area contributed by atoms with Crippen LogP contribution in [0.15, 0.2) is 24.3 Å². The number of hydrogen-bond acceptors (Lipinski definition) is 3. The first kappa shape index (κ1) is 15.3. The van der Waals surface area contributed by atoms with Crippen molar-refractivity contribution in [3.63, 3.8) is 0 Å². The summed E-state index contributed by atoms with van der Waals surface area (Å²) in [5.41, 5.74) is 0.210. The zero-order chi connectivity index (χ0) is 15.6. The average Bonchev–Trinajstić information content (AvgIpc) is 3.05. The zero-order valence-corrected chi connectivity index (χ0v) is 13.2. The van der Waals surface area contributed by atoms with Gasteiger partial charge in [-0.1, -0.05) is 36.6 Å². The van der Waals surface area contributed by atoms with E-state index in [1.807, 2.05) is 24.3 Å². The Hall–Kier alpha value is -1.57. The van der Waals surface area contributed by atoms with Gasteiger partial charge in [0, 0.05) is 11.6 Å². The largest absolute Gasteiger partial charge is 0.370 e. The van der Waals surface area contributed by atoms with Crippen LogP contribution in [0.4, 0.5) is 0 Å². The third kappa shape index (κ3) is 2.84. The lowest BCUT2D eigenvalue weighted by Crippen LogP contribution is -2.48. The van der Waals surface area contributed by atoms with Crippen LogP contribution in [-0.4, -0.2) is 30.5 Å². The van der Waals surface area contributed by atoms with Crippen molar-refractivity contribution in [1.82, 2.24) is 4.90 Å². The third-order valence-corrected chi connectivity index (χ3v) is 4.93. The van der Waals surface area contributed by atoms with Gasteiger partial charge in [-0.2, -0.15) is 5.26 Å². The monoisotopic (exact) mass is 318 g/mol. The van der Waals surface area contributed by atoms with Crippen LogP contribution < -0.4 is 0 Å². The molecular formula is C17H19ClN2O2. The molecule has 0 unspecified atom stereocenters. The molecule has 1 heterocycles. The van der Waals surface area contributed by atoms with Gasteiger partial charge in [-0.15, -0.1) is 0 Å². The number of nitrogens with zero attached hydrogens (tertiary/aromatic N) is 2. The number of carbonyl (C=O) groups excluding carboxylic acids is 1. The van der Waals surface area contributed by atoms with Crippen molar-refractivity contribution >= 4 is 17.5 Å². The zero-order valence-electron chi connectivity index (χ0n) is 12.4. The Kier molecular flexibility index (Phi) is 4.37. The number of halogens is 1. The summed E-state index contributed by atoms with van der Waals surface area (Å²) in [6, 6.07) is 9.80. The molecule has 1 amide bonds. The van der Waals surface area contributed by atoms with E-state index < -0.39 is 5.41 Å². The maximum Gasteiger partial charge on any atom is 0.243 e. The minimum absolute atomic E-state index is 0.0187. The fourth-order valence-electron chi connectivity index (χ4n) is 3.37. The SMILES string of the molecule is N#CC1(C(=O)N2CCO[C@@H](c3ccc(Cl)cc3)C2)CCCC1. The summed E-state index contributed by atoms with van der Waals surface area (Å²) in [5, 5.41) is 10.2. The Balaban J connectivity index is 1.74. The molecule has 5 heteroatoms. The van der Waals surface area contributed by atoms with E-state index in [1.165, 1.54) is 0 Å². The van der Waals surface area contributed by atoms with Gasteiger partial charge in [-0.25, -0.2) is 0 Å². The summed E-state index contributed by atoms with van der Waals surface area (Å²) in [4.78, 5) is 14.6. The van der Waals surface area contributed by atoms with Crippen LogP contribution in [0.1, 0.15) is 37.4 Å². The molecule has 1 saturated carbocycles. The minimum atomic E-state index is -0.804. The molecule has 0 radical (unpaired) electrons. The first-order valence-electron chi connectivity index (χ1n) is 7.72. The van der Waals surface area contributed by atoms with Gasteiger partial charge in [0.25, 0.3) is 0 Å². The van der Waals surface area contributed by atoms with Crippen molar-refractivity contribution in [2.45, 2.75) is 31.8 Å². The lowest BCUT2D eigenvalue weighted by molar-refractivity contribution is -0.146. The van der Waals surface area contributed by atoms with Gasteiger partial charge < -0.3 is 9.64 Å². The summed E-state index contributed by atoms with van der Waals surface area (Å²) >= 11 is 5.91. The van der Waals surface area contributed by atoms with Gasteiger partial charge in [0.1, 0.15) is 11.5 Å². The molecule has 0 spiro atoms. The smallest absolute Gasteiger partial charge is 0.243 e. The molecule has 1 aromatic rings. The summed E-state index contributed by atoms with van der Waals surface area (Å²) in [7, 11) is 0. The van der Waals surface area contributed by atoms with E-state index in [0.29, 0.717) is 37.6 Å². The van der Waals surface area contributed by atoms with E-state index >= 15 is 0 Å². The van der Waals surface area contributed by atoms with Crippen LogP contribution in [-0.2, 0) is 9.53 Å². The molecule has 3 rings (SSSR count). The number of hydrogen-bond donors (Lipinski definition) is 0. The van der Waals surface area contributed by atoms with Gasteiger partial charge in [0.05, 0.1) is 19.2 Å². The van der Waals surface area contributed by atoms with Crippen LogP contribution >= 0.6 is 11.6 Å². The Morgan fingerprint density at radius 3 is 2.64 bits per heavy atom. The molecule has 0 bridgehead atoms. The number of nitriles is 1. The Bertz CT molecular complexity index is 588. The average molecular weight is 319 g/mol. The van der Waals surface area contributed by atoms with E-state index in [2.05, 4.69) is 6.07 Å². The number of morpholine rings is 1. The predicted octanol–water partition coefficient (Wildman–Crippen LogP) is 3.32. The molecule has 0 N–H and O–H groups in total. The number of carbonyl (C=O) groups is 1. The topological polar surface area (TPSA) is 53.3 Å².